The predicted molar refractivity (Wildman–Crippen MR) is 80.6 cm³/mol. The molecule has 0 aliphatic rings. The molecular formula is C12H12BrNO3S2. The number of anilines is 1. The first-order valence-corrected chi connectivity index (χ1v) is 8.50. The van der Waals surface area contributed by atoms with Crippen LogP contribution in [0.4, 0.5) is 5.69 Å². The Labute approximate surface area is 124 Å². The van der Waals surface area contributed by atoms with Crippen LogP contribution >= 0.6 is 27.3 Å². The summed E-state index contributed by atoms with van der Waals surface area (Å²) in [6.07, 6.45) is 0. The number of benzene rings is 1. The van der Waals surface area contributed by atoms with Gasteiger partial charge >= 0.3 is 0 Å². The average Bonchev–Trinajstić information content (AvgIpc) is 2.78. The van der Waals surface area contributed by atoms with Gasteiger partial charge in [-0.25, -0.2) is 8.42 Å². The van der Waals surface area contributed by atoms with Crippen molar-refractivity contribution in [3.05, 3.63) is 39.7 Å². The Kier molecular flexibility index (Phi) is 4.17. The number of thiophene rings is 1. The summed E-state index contributed by atoms with van der Waals surface area (Å²) >= 11 is 4.38. The van der Waals surface area contributed by atoms with Gasteiger partial charge in [-0.2, -0.15) is 0 Å². The summed E-state index contributed by atoms with van der Waals surface area (Å²) in [6.45, 7) is 1.91. The van der Waals surface area contributed by atoms with E-state index in [9.17, 15) is 8.42 Å². The summed E-state index contributed by atoms with van der Waals surface area (Å²) in [5.41, 5.74) is 1.42. The van der Waals surface area contributed by atoms with Crippen molar-refractivity contribution in [1.29, 1.82) is 0 Å². The maximum atomic E-state index is 12.3. The second kappa shape index (κ2) is 5.52. The first-order chi connectivity index (χ1) is 8.94. The Hall–Kier alpha value is -1.05. The van der Waals surface area contributed by atoms with Crippen LogP contribution in [-0.4, -0.2) is 15.5 Å². The van der Waals surface area contributed by atoms with Crippen molar-refractivity contribution in [2.24, 2.45) is 0 Å². The lowest BCUT2D eigenvalue weighted by Gasteiger charge is -2.11. The van der Waals surface area contributed by atoms with Gasteiger partial charge < -0.3 is 4.74 Å². The molecular weight excluding hydrogens is 350 g/mol. The lowest BCUT2D eigenvalue weighted by atomic mass is 10.2. The van der Waals surface area contributed by atoms with Gasteiger partial charge in [0.2, 0.25) is 0 Å². The first kappa shape index (κ1) is 14.4. The highest BCUT2D eigenvalue weighted by Crippen LogP contribution is 2.32. The SMILES string of the molecule is COc1cc(C)ccc1NS(=O)(=O)c1sccc1Br. The van der Waals surface area contributed by atoms with Crippen LogP contribution in [0.15, 0.2) is 38.3 Å². The molecule has 0 aliphatic heterocycles. The molecule has 102 valence electrons. The van der Waals surface area contributed by atoms with Crippen molar-refractivity contribution in [3.63, 3.8) is 0 Å². The zero-order valence-electron chi connectivity index (χ0n) is 10.3. The molecule has 0 aliphatic carbocycles. The molecule has 0 spiro atoms. The molecule has 19 heavy (non-hydrogen) atoms. The Balaban J connectivity index is 2.39. The molecule has 1 heterocycles. The average molecular weight is 362 g/mol. The third-order valence-corrected chi connectivity index (χ3v) is 6.47. The molecule has 1 aromatic heterocycles. The lowest BCUT2D eigenvalue weighted by molar-refractivity contribution is 0.416. The van der Waals surface area contributed by atoms with Crippen molar-refractivity contribution in [3.8, 4) is 5.75 Å². The Morgan fingerprint density at radius 3 is 2.63 bits per heavy atom. The smallest absolute Gasteiger partial charge is 0.272 e. The summed E-state index contributed by atoms with van der Waals surface area (Å²) in [5, 5.41) is 1.71. The number of sulfonamides is 1. The number of nitrogens with one attached hydrogen (secondary N) is 1. The highest BCUT2D eigenvalue weighted by molar-refractivity contribution is 9.10. The van der Waals surface area contributed by atoms with Gasteiger partial charge in [-0.1, -0.05) is 6.07 Å². The molecule has 0 bridgehead atoms. The normalized spacial score (nSPS) is 11.3. The van der Waals surface area contributed by atoms with Gasteiger partial charge in [-0.3, -0.25) is 4.72 Å². The van der Waals surface area contributed by atoms with Gasteiger partial charge in [0, 0.05) is 4.47 Å². The van der Waals surface area contributed by atoms with Crippen LogP contribution in [0.5, 0.6) is 5.75 Å². The largest absolute Gasteiger partial charge is 0.495 e. The molecule has 7 heteroatoms. The molecule has 1 aromatic carbocycles. The molecule has 0 fully saturated rings. The van der Waals surface area contributed by atoms with E-state index < -0.39 is 10.0 Å². The fourth-order valence-corrected chi connectivity index (χ4v) is 4.95. The van der Waals surface area contributed by atoms with Crippen molar-refractivity contribution < 1.29 is 13.2 Å². The number of halogens is 1. The number of hydrogen-bond acceptors (Lipinski definition) is 4. The van der Waals surface area contributed by atoms with Crippen LogP contribution in [0, 0.1) is 6.92 Å². The predicted octanol–water partition coefficient (Wildman–Crippen LogP) is 3.63. The molecule has 4 nitrogen and oxygen atoms in total. The van der Waals surface area contributed by atoms with Crippen LogP contribution in [0.1, 0.15) is 5.56 Å². The summed E-state index contributed by atoms with van der Waals surface area (Å²) in [7, 11) is -2.10. The Morgan fingerprint density at radius 2 is 2.05 bits per heavy atom. The van der Waals surface area contributed by atoms with E-state index >= 15 is 0 Å². The number of methoxy groups -OCH3 is 1. The molecule has 1 N–H and O–H groups in total. The third-order valence-electron chi connectivity index (χ3n) is 2.43. The maximum absolute atomic E-state index is 12.3. The van der Waals surface area contributed by atoms with E-state index in [1.807, 2.05) is 13.0 Å². The molecule has 0 radical (unpaired) electrons. The molecule has 0 saturated heterocycles. The second-order valence-corrected chi connectivity index (χ2v) is 7.51. The van der Waals surface area contributed by atoms with E-state index in [-0.39, 0.29) is 4.21 Å². The van der Waals surface area contributed by atoms with Gasteiger partial charge in [0.1, 0.15) is 5.75 Å². The van der Waals surface area contributed by atoms with Gasteiger partial charge in [0.15, 0.2) is 4.21 Å². The van der Waals surface area contributed by atoms with Crippen LogP contribution < -0.4 is 9.46 Å². The molecule has 0 atom stereocenters. The van der Waals surface area contributed by atoms with Crippen LogP contribution in [0.25, 0.3) is 0 Å². The number of ether oxygens (including phenoxy) is 1. The van der Waals surface area contributed by atoms with Crippen LogP contribution in [-0.2, 0) is 10.0 Å². The Bertz CT molecular complexity index is 695. The minimum absolute atomic E-state index is 0.245. The second-order valence-electron chi connectivity index (χ2n) is 3.87. The molecule has 0 amide bonds. The van der Waals surface area contributed by atoms with Gasteiger partial charge in [0.25, 0.3) is 10.0 Å². The topological polar surface area (TPSA) is 55.4 Å². The lowest BCUT2D eigenvalue weighted by Crippen LogP contribution is -2.12. The summed E-state index contributed by atoms with van der Waals surface area (Å²) in [6, 6.07) is 6.99. The van der Waals surface area contributed by atoms with Gasteiger partial charge in [0.05, 0.1) is 12.8 Å². The van der Waals surface area contributed by atoms with Crippen molar-refractivity contribution in [1.82, 2.24) is 0 Å². The van der Waals surface area contributed by atoms with E-state index in [1.165, 1.54) is 7.11 Å². The highest BCUT2D eigenvalue weighted by Gasteiger charge is 2.20. The number of rotatable bonds is 4. The number of hydrogen-bond donors (Lipinski definition) is 1. The van der Waals surface area contributed by atoms with E-state index in [1.54, 1.807) is 23.6 Å². The summed E-state index contributed by atoms with van der Waals surface area (Å²) in [5.74, 6) is 0.497. The van der Waals surface area contributed by atoms with E-state index in [0.29, 0.717) is 15.9 Å². The van der Waals surface area contributed by atoms with Gasteiger partial charge in [-0.15, -0.1) is 11.3 Å². The quantitative estimate of drug-likeness (QED) is 0.904. The minimum Gasteiger partial charge on any atom is -0.495 e. The fraction of sp³-hybridized carbons (Fsp3) is 0.167. The van der Waals surface area contributed by atoms with Crippen molar-refractivity contribution in [2.45, 2.75) is 11.1 Å². The van der Waals surface area contributed by atoms with Gasteiger partial charge in [-0.05, 0) is 52.0 Å². The van der Waals surface area contributed by atoms with Crippen LogP contribution in [0.3, 0.4) is 0 Å². The molecule has 2 aromatic rings. The van der Waals surface area contributed by atoms with E-state index in [4.69, 9.17) is 4.74 Å². The maximum Gasteiger partial charge on any atom is 0.272 e. The monoisotopic (exact) mass is 361 g/mol. The highest BCUT2D eigenvalue weighted by atomic mass is 79.9. The standard InChI is InChI=1S/C12H12BrNO3S2/c1-8-3-4-10(11(7-8)17-2)14-19(15,16)12-9(13)5-6-18-12/h3-7,14H,1-2H3. The minimum atomic E-state index is -3.60. The Morgan fingerprint density at radius 1 is 1.32 bits per heavy atom. The van der Waals surface area contributed by atoms with E-state index in [0.717, 1.165) is 16.9 Å². The van der Waals surface area contributed by atoms with Crippen LogP contribution in [0.2, 0.25) is 0 Å². The third kappa shape index (κ3) is 3.10. The summed E-state index contributed by atoms with van der Waals surface area (Å²) < 4.78 is 33.0. The molecule has 2 rings (SSSR count). The summed E-state index contributed by atoms with van der Waals surface area (Å²) in [4.78, 5) is 0. The molecule has 0 saturated carbocycles. The fourth-order valence-electron chi connectivity index (χ4n) is 1.55. The zero-order chi connectivity index (χ0) is 14.0. The number of aryl methyl sites for hydroxylation is 1. The zero-order valence-corrected chi connectivity index (χ0v) is 13.5. The molecule has 0 unspecified atom stereocenters. The van der Waals surface area contributed by atoms with Crippen molar-refractivity contribution >= 4 is 43.0 Å². The van der Waals surface area contributed by atoms with E-state index in [2.05, 4.69) is 20.7 Å². The first-order valence-electron chi connectivity index (χ1n) is 5.34. The van der Waals surface area contributed by atoms with Crippen molar-refractivity contribution in [2.75, 3.05) is 11.8 Å².